The topological polar surface area (TPSA) is 50.4 Å². The molecule has 0 heterocycles. The largest absolute Gasteiger partial charge is 0.497 e. The number of amides is 2. The third kappa shape index (κ3) is 4.98. The highest BCUT2D eigenvalue weighted by Gasteiger charge is 2.02. The van der Waals surface area contributed by atoms with Gasteiger partial charge in [-0.15, -0.1) is 0 Å². The van der Waals surface area contributed by atoms with Crippen molar-refractivity contribution in [3.05, 3.63) is 64.3 Å². The molecule has 6 heteroatoms. The second kappa shape index (κ2) is 7.73. The lowest BCUT2D eigenvalue weighted by molar-refractivity contribution is 0.255. The van der Waals surface area contributed by atoms with Crippen molar-refractivity contribution in [1.82, 2.24) is 5.32 Å². The second-order valence-corrected chi connectivity index (χ2v) is 5.24. The van der Waals surface area contributed by atoms with Crippen molar-refractivity contribution >= 4 is 41.0 Å². The molecule has 4 nitrogen and oxygen atoms in total. The number of ether oxygens (including phenoxy) is 1. The normalized spacial score (nSPS) is 10.5. The molecule has 22 heavy (non-hydrogen) atoms. The Bertz CT molecular complexity index is 665. The van der Waals surface area contributed by atoms with Crippen molar-refractivity contribution in [1.29, 1.82) is 0 Å². The molecule has 0 saturated heterocycles. The number of carbonyl (C=O) groups is 1. The second-order valence-electron chi connectivity index (χ2n) is 4.36. The number of benzene rings is 2. The number of carbonyl (C=O) groups excluding carboxylic acids is 1. The van der Waals surface area contributed by atoms with Gasteiger partial charge in [0.15, 0.2) is 0 Å². The average molecular weight is 337 g/mol. The highest BCUT2D eigenvalue weighted by Crippen LogP contribution is 2.22. The predicted octanol–water partition coefficient (Wildman–Crippen LogP) is 4.79. The minimum Gasteiger partial charge on any atom is -0.497 e. The van der Waals surface area contributed by atoms with Gasteiger partial charge in [-0.05, 0) is 42.0 Å². The standard InChI is InChI=1S/C16H14Cl2N2O2/c1-22-15-4-2-11(3-5-15)6-7-19-16(21)20-14-9-12(17)8-13(18)10-14/h2-10H,1H3,(H2,19,20,21)/b7-6+. The summed E-state index contributed by atoms with van der Waals surface area (Å²) in [4.78, 5) is 11.7. The van der Waals surface area contributed by atoms with E-state index in [1.54, 1.807) is 37.6 Å². The third-order valence-corrected chi connectivity index (χ3v) is 3.16. The van der Waals surface area contributed by atoms with Crippen LogP contribution in [0.5, 0.6) is 5.75 Å². The number of urea groups is 1. The molecule has 0 radical (unpaired) electrons. The number of halogens is 2. The lowest BCUT2D eigenvalue weighted by Crippen LogP contribution is -2.23. The van der Waals surface area contributed by atoms with Crippen LogP contribution in [0.25, 0.3) is 6.08 Å². The van der Waals surface area contributed by atoms with Gasteiger partial charge in [-0.3, -0.25) is 0 Å². The molecule has 2 amide bonds. The Hall–Kier alpha value is -2.17. The number of nitrogens with one attached hydrogen (secondary N) is 2. The number of rotatable bonds is 4. The quantitative estimate of drug-likeness (QED) is 0.842. The van der Waals surface area contributed by atoms with Gasteiger partial charge >= 0.3 is 6.03 Å². The molecule has 0 fully saturated rings. The summed E-state index contributed by atoms with van der Waals surface area (Å²) in [6.07, 6.45) is 3.31. The molecule has 2 rings (SSSR count). The Labute approximate surface area is 138 Å². The van der Waals surface area contributed by atoms with E-state index in [1.165, 1.54) is 0 Å². The summed E-state index contributed by atoms with van der Waals surface area (Å²) >= 11 is 11.7. The van der Waals surface area contributed by atoms with Crippen LogP contribution in [-0.2, 0) is 0 Å². The molecule has 0 saturated carbocycles. The van der Waals surface area contributed by atoms with E-state index in [0.29, 0.717) is 15.7 Å². The maximum atomic E-state index is 11.7. The van der Waals surface area contributed by atoms with Crippen LogP contribution in [0.1, 0.15) is 5.56 Å². The van der Waals surface area contributed by atoms with E-state index in [-0.39, 0.29) is 6.03 Å². The molecule has 0 spiro atoms. The first-order chi connectivity index (χ1) is 10.6. The molecule has 0 bridgehead atoms. The molecule has 0 aromatic heterocycles. The fraction of sp³-hybridized carbons (Fsp3) is 0.0625. The first kappa shape index (κ1) is 16.2. The van der Waals surface area contributed by atoms with Crippen molar-refractivity contribution in [3.63, 3.8) is 0 Å². The van der Waals surface area contributed by atoms with E-state index < -0.39 is 0 Å². The predicted molar refractivity (Wildman–Crippen MR) is 90.6 cm³/mol. The number of hydrogen-bond donors (Lipinski definition) is 2. The van der Waals surface area contributed by atoms with Crippen LogP contribution in [-0.4, -0.2) is 13.1 Å². The van der Waals surface area contributed by atoms with Gasteiger partial charge in [0.2, 0.25) is 0 Å². The minimum absolute atomic E-state index is 0.386. The molecule has 0 aliphatic rings. The zero-order valence-corrected chi connectivity index (χ0v) is 13.3. The lowest BCUT2D eigenvalue weighted by Gasteiger charge is -2.05. The van der Waals surface area contributed by atoms with Gasteiger partial charge in [0.25, 0.3) is 0 Å². The molecular formula is C16H14Cl2N2O2. The first-order valence-electron chi connectivity index (χ1n) is 6.41. The maximum absolute atomic E-state index is 11.7. The maximum Gasteiger partial charge on any atom is 0.323 e. The summed E-state index contributed by atoms with van der Waals surface area (Å²) < 4.78 is 5.07. The van der Waals surface area contributed by atoms with Gasteiger partial charge in [0.05, 0.1) is 7.11 Å². The van der Waals surface area contributed by atoms with Crippen LogP contribution in [0, 0.1) is 0 Å². The average Bonchev–Trinajstić information content (AvgIpc) is 2.47. The Balaban J connectivity index is 1.90. The Morgan fingerprint density at radius 1 is 1.09 bits per heavy atom. The highest BCUT2D eigenvalue weighted by atomic mass is 35.5. The van der Waals surface area contributed by atoms with Crippen LogP contribution < -0.4 is 15.4 Å². The zero-order valence-electron chi connectivity index (χ0n) is 11.8. The molecular weight excluding hydrogens is 323 g/mol. The first-order valence-corrected chi connectivity index (χ1v) is 7.16. The van der Waals surface area contributed by atoms with E-state index in [4.69, 9.17) is 27.9 Å². The zero-order chi connectivity index (χ0) is 15.9. The van der Waals surface area contributed by atoms with Crippen molar-refractivity contribution < 1.29 is 9.53 Å². The summed E-state index contributed by atoms with van der Waals surface area (Å²) in [6.45, 7) is 0. The van der Waals surface area contributed by atoms with E-state index >= 15 is 0 Å². The SMILES string of the molecule is COc1ccc(/C=C/NC(=O)Nc2cc(Cl)cc(Cl)c2)cc1. The van der Waals surface area contributed by atoms with Crippen molar-refractivity contribution in [2.75, 3.05) is 12.4 Å². The van der Waals surface area contributed by atoms with Gasteiger partial charge in [-0.1, -0.05) is 35.3 Å². The Morgan fingerprint density at radius 3 is 2.32 bits per heavy atom. The molecule has 2 aromatic rings. The Kier molecular flexibility index (Phi) is 5.69. The smallest absolute Gasteiger partial charge is 0.323 e. The van der Waals surface area contributed by atoms with E-state index in [2.05, 4.69) is 10.6 Å². The molecule has 0 atom stereocenters. The molecule has 0 unspecified atom stereocenters. The third-order valence-electron chi connectivity index (χ3n) is 2.73. The molecule has 0 aliphatic heterocycles. The summed E-state index contributed by atoms with van der Waals surface area (Å²) in [6, 6.07) is 11.9. The summed E-state index contributed by atoms with van der Waals surface area (Å²) in [5.41, 5.74) is 1.46. The number of hydrogen-bond acceptors (Lipinski definition) is 2. The summed E-state index contributed by atoms with van der Waals surface area (Å²) in [5.74, 6) is 0.778. The molecule has 2 N–H and O–H groups in total. The molecule has 114 valence electrons. The van der Waals surface area contributed by atoms with Crippen LogP contribution in [0.3, 0.4) is 0 Å². The van der Waals surface area contributed by atoms with E-state index in [9.17, 15) is 4.79 Å². The lowest BCUT2D eigenvalue weighted by atomic mass is 10.2. The van der Waals surface area contributed by atoms with Crippen molar-refractivity contribution in [3.8, 4) is 5.75 Å². The fourth-order valence-electron chi connectivity index (χ4n) is 1.72. The van der Waals surface area contributed by atoms with Gasteiger partial charge < -0.3 is 15.4 Å². The summed E-state index contributed by atoms with van der Waals surface area (Å²) in [5, 5.41) is 6.15. The van der Waals surface area contributed by atoms with Crippen LogP contribution in [0.4, 0.5) is 10.5 Å². The van der Waals surface area contributed by atoms with Gasteiger partial charge in [0, 0.05) is 21.9 Å². The van der Waals surface area contributed by atoms with Crippen LogP contribution >= 0.6 is 23.2 Å². The number of anilines is 1. The van der Waals surface area contributed by atoms with Crippen molar-refractivity contribution in [2.45, 2.75) is 0 Å². The monoisotopic (exact) mass is 336 g/mol. The van der Waals surface area contributed by atoms with Crippen LogP contribution in [0.15, 0.2) is 48.7 Å². The summed E-state index contributed by atoms with van der Waals surface area (Å²) in [7, 11) is 1.61. The highest BCUT2D eigenvalue weighted by molar-refractivity contribution is 6.35. The van der Waals surface area contributed by atoms with Gasteiger partial charge in [0.1, 0.15) is 5.75 Å². The molecule has 2 aromatic carbocycles. The fourth-order valence-corrected chi connectivity index (χ4v) is 2.25. The molecule has 0 aliphatic carbocycles. The van der Waals surface area contributed by atoms with Gasteiger partial charge in [-0.25, -0.2) is 4.79 Å². The van der Waals surface area contributed by atoms with Gasteiger partial charge in [-0.2, -0.15) is 0 Å². The van der Waals surface area contributed by atoms with E-state index in [1.807, 2.05) is 24.3 Å². The Morgan fingerprint density at radius 2 is 1.73 bits per heavy atom. The number of methoxy groups -OCH3 is 1. The van der Waals surface area contributed by atoms with Crippen molar-refractivity contribution in [2.24, 2.45) is 0 Å². The van der Waals surface area contributed by atoms with Crippen LogP contribution in [0.2, 0.25) is 10.0 Å². The van der Waals surface area contributed by atoms with E-state index in [0.717, 1.165) is 11.3 Å². The minimum atomic E-state index is -0.386.